The van der Waals surface area contributed by atoms with Gasteiger partial charge in [-0.05, 0) is 31.5 Å². The first-order valence-electron chi connectivity index (χ1n) is 7.29. The molecule has 6 nitrogen and oxygen atoms in total. The molecule has 2 fully saturated rings. The Morgan fingerprint density at radius 2 is 1.82 bits per heavy atom. The molecular weight excluding hydrogens is 288 g/mol. The molecule has 1 saturated heterocycles. The lowest BCUT2D eigenvalue weighted by atomic mass is 9.89. The maximum absolute atomic E-state index is 11.2. The van der Waals surface area contributed by atoms with Crippen LogP contribution in [0.5, 0.6) is 11.5 Å². The average molecular weight is 310 g/mol. The molecule has 122 valence electrons. The lowest BCUT2D eigenvalue weighted by Gasteiger charge is -2.30. The van der Waals surface area contributed by atoms with Crippen molar-refractivity contribution >= 4 is 0 Å². The highest BCUT2D eigenvalue weighted by molar-refractivity contribution is 5.45. The van der Waals surface area contributed by atoms with E-state index in [9.17, 15) is 10.2 Å². The van der Waals surface area contributed by atoms with Crippen LogP contribution in [0.25, 0.3) is 0 Å². The van der Waals surface area contributed by atoms with E-state index in [-0.39, 0.29) is 6.42 Å². The molecule has 2 aliphatic rings. The summed E-state index contributed by atoms with van der Waals surface area (Å²) in [6.45, 7) is 3.54. The molecule has 0 radical (unpaired) electrons. The number of aliphatic hydroxyl groups excluding tert-OH is 1. The average Bonchev–Trinajstić information content (AvgIpc) is 2.92. The molecule has 1 aliphatic carbocycles. The van der Waals surface area contributed by atoms with Crippen LogP contribution in [-0.2, 0) is 15.1 Å². The molecule has 2 N–H and O–H groups in total. The van der Waals surface area contributed by atoms with Gasteiger partial charge in [-0.25, -0.2) is 0 Å². The van der Waals surface area contributed by atoms with Crippen molar-refractivity contribution in [1.82, 2.24) is 0 Å². The Balaban J connectivity index is 2.00. The first-order valence-corrected chi connectivity index (χ1v) is 7.29. The molecule has 1 saturated carbocycles. The van der Waals surface area contributed by atoms with E-state index < -0.39 is 29.7 Å². The van der Waals surface area contributed by atoms with Gasteiger partial charge in [0.2, 0.25) is 0 Å². The van der Waals surface area contributed by atoms with Gasteiger partial charge in [-0.2, -0.15) is 0 Å². The van der Waals surface area contributed by atoms with E-state index in [1.54, 1.807) is 39.2 Å². The van der Waals surface area contributed by atoms with Crippen molar-refractivity contribution in [2.75, 3.05) is 14.2 Å². The third-order valence-electron chi connectivity index (χ3n) is 4.38. The van der Waals surface area contributed by atoms with Gasteiger partial charge in [0, 0.05) is 6.42 Å². The van der Waals surface area contributed by atoms with Crippen LogP contribution >= 0.6 is 0 Å². The second-order valence-corrected chi connectivity index (χ2v) is 6.29. The molecular formula is C16H22O6. The van der Waals surface area contributed by atoms with Crippen molar-refractivity contribution in [1.29, 1.82) is 0 Å². The highest BCUT2D eigenvalue weighted by Crippen LogP contribution is 2.49. The number of benzene rings is 1. The van der Waals surface area contributed by atoms with Gasteiger partial charge in [0.05, 0.1) is 20.3 Å². The van der Waals surface area contributed by atoms with E-state index in [4.69, 9.17) is 18.9 Å². The van der Waals surface area contributed by atoms with Gasteiger partial charge in [0.15, 0.2) is 17.3 Å². The Morgan fingerprint density at radius 3 is 2.45 bits per heavy atom. The van der Waals surface area contributed by atoms with Crippen LogP contribution in [0.3, 0.4) is 0 Å². The SMILES string of the molecule is COc1ccc([C@@]2(O)C[C@@H](O)[C@@H]3OC(C)(C)O[C@@H]32)cc1OC. The van der Waals surface area contributed by atoms with Crippen molar-refractivity contribution in [3.05, 3.63) is 23.8 Å². The van der Waals surface area contributed by atoms with Gasteiger partial charge in [0.1, 0.15) is 17.8 Å². The standard InChI is InChI=1S/C16H22O6/c1-15(2)21-13-10(17)8-16(18,14(13)22-15)9-5-6-11(19-3)12(7-9)20-4/h5-7,10,13-14,17-18H,8H2,1-4H3/t10-,13+,14+,16+/m1/s1. The van der Waals surface area contributed by atoms with Crippen molar-refractivity contribution in [2.24, 2.45) is 0 Å². The van der Waals surface area contributed by atoms with E-state index in [0.717, 1.165) is 0 Å². The van der Waals surface area contributed by atoms with Crippen LogP contribution in [0.15, 0.2) is 18.2 Å². The molecule has 0 amide bonds. The van der Waals surface area contributed by atoms with E-state index in [0.29, 0.717) is 17.1 Å². The second kappa shape index (κ2) is 5.09. The van der Waals surface area contributed by atoms with Crippen LogP contribution in [0.4, 0.5) is 0 Å². The van der Waals surface area contributed by atoms with Crippen LogP contribution in [-0.4, -0.2) is 48.5 Å². The predicted octanol–water partition coefficient (Wildman–Crippen LogP) is 1.18. The van der Waals surface area contributed by atoms with Crippen molar-refractivity contribution in [3.63, 3.8) is 0 Å². The topological polar surface area (TPSA) is 77.4 Å². The molecule has 6 heteroatoms. The predicted molar refractivity (Wildman–Crippen MR) is 77.9 cm³/mol. The van der Waals surface area contributed by atoms with E-state index in [1.807, 2.05) is 0 Å². The minimum absolute atomic E-state index is 0.147. The summed E-state index contributed by atoms with van der Waals surface area (Å²) < 4.78 is 22.1. The Kier molecular flexibility index (Phi) is 3.60. The Hall–Kier alpha value is -1.34. The van der Waals surface area contributed by atoms with Gasteiger partial charge in [-0.1, -0.05) is 6.07 Å². The normalized spacial score (nSPS) is 36.2. The largest absolute Gasteiger partial charge is 0.493 e. The molecule has 0 aromatic heterocycles. The smallest absolute Gasteiger partial charge is 0.164 e. The molecule has 1 aromatic rings. The number of rotatable bonds is 3. The minimum Gasteiger partial charge on any atom is -0.493 e. The molecule has 1 aliphatic heterocycles. The summed E-state index contributed by atoms with van der Waals surface area (Å²) in [6.07, 6.45) is -1.82. The van der Waals surface area contributed by atoms with Crippen molar-refractivity contribution in [3.8, 4) is 11.5 Å². The van der Waals surface area contributed by atoms with Crippen LogP contribution in [0.1, 0.15) is 25.8 Å². The first kappa shape index (κ1) is 15.6. The third kappa shape index (κ3) is 2.27. The molecule has 3 rings (SSSR count). The van der Waals surface area contributed by atoms with Gasteiger partial charge >= 0.3 is 0 Å². The van der Waals surface area contributed by atoms with E-state index in [1.165, 1.54) is 7.11 Å². The van der Waals surface area contributed by atoms with Gasteiger partial charge in [0.25, 0.3) is 0 Å². The van der Waals surface area contributed by atoms with Crippen LogP contribution in [0.2, 0.25) is 0 Å². The maximum atomic E-state index is 11.2. The molecule has 4 atom stereocenters. The summed E-state index contributed by atoms with van der Waals surface area (Å²) in [4.78, 5) is 0. The van der Waals surface area contributed by atoms with Gasteiger partial charge < -0.3 is 29.2 Å². The summed E-state index contributed by atoms with van der Waals surface area (Å²) in [5, 5.41) is 21.4. The molecule has 0 bridgehead atoms. The van der Waals surface area contributed by atoms with Crippen molar-refractivity contribution in [2.45, 2.75) is 50.0 Å². The minimum atomic E-state index is -1.34. The van der Waals surface area contributed by atoms with E-state index in [2.05, 4.69) is 0 Å². The fourth-order valence-corrected chi connectivity index (χ4v) is 3.38. The number of ether oxygens (including phenoxy) is 4. The van der Waals surface area contributed by atoms with Gasteiger partial charge in [-0.3, -0.25) is 0 Å². The molecule has 1 aromatic carbocycles. The summed E-state index contributed by atoms with van der Waals surface area (Å²) in [6, 6.07) is 5.19. The number of hydrogen-bond acceptors (Lipinski definition) is 6. The van der Waals surface area contributed by atoms with Crippen LogP contribution < -0.4 is 9.47 Å². The molecule has 22 heavy (non-hydrogen) atoms. The maximum Gasteiger partial charge on any atom is 0.164 e. The lowest BCUT2D eigenvalue weighted by molar-refractivity contribution is -0.189. The number of aliphatic hydroxyl groups is 2. The second-order valence-electron chi connectivity index (χ2n) is 6.29. The first-order chi connectivity index (χ1) is 10.3. The molecule has 1 heterocycles. The zero-order valence-corrected chi connectivity index (χ0v) is 13.2. The van der Waals surface area contributed by atoms with Gasteiger partial charge in [-0.15, -0.1) is 0 Å². The Morgan fingerprint density at radius 1 is 1.14 bits per heavy atom. The van der Waals surface area contributed by atoms with E-state index >= 15 is 0 Å². The highest BCUT2D eigenvalue weighted by Gasteiger charge is 2.61. The third-order valence-corrected chi connectivity index (χ3v) is 4.38. The summed E-state index contributed by atoms with van der Waals surface area (Å²) in [5.74, 6) is 0.264. The van der Waals surface area contributed by atoms with Crippen LogP contribution in [0, 0.1) is 0 Å². The number of hydrogen-bond donors (Lipinski definition) is 2. The summed E-state index contributed by atoms with van der Waals surface area (Å²) in [7, 11) is 3.09. The molecule has 0 unspecified atom stereocenters. The Bertz CT molecular complexity index is 572. The zero-order chi connectivity index (χ0) is 16.1. The lowest BCUT2D eigenvalue weighted by Crippen LogP contribution is -2.39. The Labute approximate surface area is 129 Å². The summed E-state index contributed by atoms with van der Waals surface area (Å²) >= 11 is 0. The monoisotopic (exact) mass is 310 g/mol. The fourth-order valence-electron chi connectivity index (χ4n) is 3.38. The summed E-state index contributed by atoms with van der Waals surface area (Å²) in [5.41, 5.74) is -0.727. The zero-order valence-electron chi connectivity index (χ0n) is 13.2. The quantitative estimate of drug-likeness (QED) is 0.873. The highest BCUT2D eigenvalue weighted by atomic mass is 16.8. The van der Waals surface area contributed by atoms with Crippen molar-refractivity contribution < 1.29 is 29.2 Å². The number of fused-ring (bicyclic) bond motifs is 1. The number of methoxy groups -OCH3 is 2. The molecule has 0 spiro atoms. The fraction of sp³-hybridized carbons (Fsp3) is 0.625.